The van der Waals surface area contributed by atoms with Crippen LogP contribution in [0, 0.1) is 5.82 Å². The van der Waals surface area contributed by atoms with Gasteiger partial charge in [0.15, 0.2) is 5.69 Å². The highest BCUT2D eigenvalue weighted by Crippen LogP contribution is 2.29. The number of hydrogen-bond acceptors (Lipinski definition) is 9. The first-order valence-electron chi connectivity index (χ1n) is 8.99. The standard InChI is InChI=1S/C18H19BrFN5O5S/c1-18(2,3)28-16(26)24(7-8-31-4)14-13(21-30-23-14)15-22-29-17(27)25(15)10-5-6-12(20)11(19)9-10/h5-6,9H,7-8H2,1-4H3. The van der Waals surface area contributed by atoms with E-state index in [0.717, 1.165) is 4.57 Å². The average Bonchev–Trinajstić information content (AvgIpc) is 3.29. The van der Waals surface area contributed by atoms with Crippen molar-refractivity contribution in [2.45, 2.75) is 26.4 Å². The molecule has 0 N–H and O–H groups in total. The molecule has 0 aliphatic carbocycles. The zero-order valence-electron chi connectivity index (χ0n) is 17.1. The molecule has 0 radical (unpaired) electrons. The van der Waals surface area contributed by atoms with E-state index < -0.39 is 23.3 Å². The Morgan fingerprint density at radius 2 is 2.06 bits per heavy atom. The molecule has 0 spiro atoms. The van der Waals surface area contributed by atoms with E-state index in [0.29, 0.717) is 5.75 Å². The van der Waals surface area contributed by atoms with E-state index >= 15 is 0 Å². The van der Waals surface area contributed by atoms with Gasteiger partial charge >= 0.3 is 11.8 Å². The molecule has 166 valence electrons. The molecule has 2 aromatic heterocycles. The first-order valence-corrected chi connectivity index (χ1v) is 11.2. The number of halogens is 2. The van der Waals surface area contributed by atoms with Crippen molar-refractivity contribution in [3.8, 4) is 17.2 Å². The molecule has 0 bridgehead atoms. The third-order valence-electron chi connectivity index (χ3n) is 3.84. The van der Waals surface area contributed by atoms with E-state index in [4.69, 9.17) is 13.9 Å². The highest BCUT2D eigenvalue weighted by Gasteiger charge is 2.31. The predicted octanol–water partition coefficient (Wildman–Crippen LogP) is 3.88. The van der Waals surface area contributed by atoms with Crippen molar-refractivity contribution in [1.29, 1.82) is 0 Å². The third kappa shape index (κ3) is 5.15. The number of carbonyl (C=O) groups is 1. The molecule has 0 atom stereocenters. The van der Waals surface area contributed by atoms with Gasteiger partial charge < -0.3 is 4.74 Å². The van der Waals surface area contributed by atoms with Crippen LogP contribution >= 0.6 is 27.7 Å². The number of rotatable bonds is 6. The minimum atomic E-state index is -0.838. The van der Waals surface area contributed by atoms with Gasteiger partial charge in [0.25, 0.3) is 0 Å². The minimum Gasteiger partial charge on any atom is -0.443 e. The van der Waals surface area contributed by atoms with Crippen LogP contribution in [-0.2, 0) is 4.74 Å². The maximum absolute atomic E-state index is 13.7. The van der Waals surface area contributed by atoms with Gasteiger partial charge in [-0.15, -0.1) is 0 Å². The Kier molecular flexibility index (Phi) is 6.84. The lowest BCUT2D eigenvalue weighted by molar-refractivity contribution is 0.0580. The van der Waals surface area contributed by atoms with E-state index in [1.54, 1.807) is 20.8 Å². The van der Waals surface area contributed by atoms with Gasteiger partial charge in [-0.25, -0.2) is 23.2 Å². The van der Waals surface area contributed by atoms with E-state index in [9.17, 15) is 14.0 Å². The van der Waals surface area contributed by atoms with Gasteiger partial charge in [-0.2, -0.15) is 11.8 Å². The quantitative estimate of drug-likeness (QED) is 0.481. The van der Waals surface area contributed by atoms with Gasteiger partial charge in [0.2, 0.25) is 11.6 Å². The molecule has 3 aromatic rings. The van der Waals surface area contributed by atoms with Crippen LogP contribution in [0.5, 0.6) is 0 Å². The zero-order valence-corrected chi connectivity index (χ0v) is 19.5. The molecule has 3 rings (SSSR count). The summed E-state index contributed by atoms with van der Waals surface area (Å²) in [5, 5.41) is 11.4. The normalized spacial score (nSPS) is 11.5. The summed E-state index contributed by atoms with van der Waals surface area (Å²) in [4.78, 5) is 26.4. The molecule has 13 heteroatoms. The van der Waals surface area contributed by atoms with Crippen LogP contribution in [0.25, 0.3) is 17.2 Å². The summed E-state index contributed by atoms with van der Waals surface area (Å²) >= 11 is 4.60. The molecular formula is C18H19BrFN5O5S. The summed E-state index contributed by atoms with van der Waals surface area (Å²) in [6.45, 7) is 5.45. The fourth-order valence-corrected chi connectivity index (χ4v) is 3.27. The molecule has 0 saturated heterocycles. The zero-order chi connectivity index (χ0) is 22.8. The van der Waals surface area contributed by atoms with Gasteiger partial charge in [0.05, 0.1) is 10.2 Å². The molecule has 0 aliphatic rings. The topological polar surface area (TPSA) is 116 Å². The smallest absolute Gasteiger partial charge is 0.443 e. The molecule has 31 heavy (non-hydrogen) atoms. The minimum absolute atomic E-state index is 0.00604. The molecule has 2 heterocycles. The molecule has 0 fully saturated rings. The summed E-state index contributed by atoms with van der Waals surface area (Å²) in [6.07, 6.45) is 1.22. The van der Waals surface area contributed by atoms with Crippen molar-refractivity contribution in [1.82, 2.24) is 20.0 Å². The molecule has 0 unspecified atom stereocenters. The van der Waals surface area contributed by atoms with Crippen LogP contribution < -0.4 is 10.7 Å². The summed E-state index contributed by atoms with van der Waals surface area (Å²) in [5.74, 6) is -0.839. The number of carbonyl (C=O) groups excluding carboxylic acids is 1. The lowest BCUT2D eigenvalue weighted by Crippen LogP contribution is -2.38. The molecule has 1 aromatic carbocycles. The van der Waals surface area contributed by atoms with Gasteiger partial charge in [-0.1, -0.05) is 5.16 Å². The lowest BCUT2D eigenvalue weighted by atomic mass is 10.2. The van der Waals surface area contributed by atoms with E-state index in [1.165, 1.54) is 34.9 Å². The fraction of sp³-hybridized carbons (Fsp3) is 0.389. The molecule has 10 nitrogen and oxygen atoms in total. The average molecular weight is 516 g/mol. The number of thioether (sulfide) groups is 1. The van der Waals surface area contributed by atoms with Crippen molar-refractivity contribution in [2.24, 2.45) is 0 Å². The van der Waals surface area contributed by atoms with Crippen molar-refractivity contribution in [3.05, 3.63) is 39.0 Å². The second-order valence-electron chi connectivity index (χ2n) is 7.27. The maximum Gasteiger partial charge on any atom is 0.446 e. The van der Waals surface area contributed by atoms with Gasteiger partial charge in [0.1, 0.15) is 11.4 Å². The second-order valence-corrected chi connectivity index (χ2v) is 9.11. The molecule has 0 saturated carbocycles. The fourth-order valence-electron chi connectivity index (χ4n) is 2.54. The molecule has 1 amide bonds. The number of amides is 1. The Hall–Kier alpha value is -2.67. The predicted molar refractivity (Wildman–Crippen MR) is 115 cm³/mol. The Morgan fingerprint density at radius 1 is 1.32 bits per heavy atom. The van der Waals surface area contributed by atoms with Crippen molar-refractivity contribution in [2.75, 3.05) is 23.5 Å². The maximum atomic E-state index is 13.7. The Labute approximate surface area is 188 Å². The number of aromatic nitrogens is 4. The van der Waals surface area contributed by atoms with Crippen LogP contribution in [0.1, 0.15) is 20.8 Å². The summed E-state index contributed by atoms with van der Waals surface area (Å²) in [7, 11) is 0. The van der Waals surface area contributed by atoms with Crippen molar-refractivity contribution < 1.29 is 23.1 Å². The summed E-state index contributed by atoms with van der Waals surface area (Å²) in [6, 6.07) is 3.93. The van der Waals surface area contributed by atoms with Crippen LogP contribution in [0.4, 0.5) is 15.0 Å². The molecule has 0 aliphatic heterocycles. The number of hydrogen-bond donors (Lipinski definition) is 0. The summed E-state index contributed by atoms with van der Waals surface area (Å²) in [5.41, 5.74) is -0.503. The first kappa shape index (κ1) is 23.0. The highest BCUT2D eigenvalue weighted by molar-refractivity contribution is 9.10. The van der Waals surface area contributed by atoms with Gasteiger partial charge in [-0.05, 0) is 71.5 Å². The van der Waals surface area contributed by atoms with Crippen LogP contribution in [0.15, 0.2) is 36.6 Å². The van der Waals surface area contributed by atoms with Crippen LogP contribution in [-0.4, -0.2) is 50.3 Å². The first-order chi connectivity index (χ1) is 14.6. The number of anilines is 1. The SMILES string of the molecule is CSCCN(C(=O)OC(C)(C)C)c1nonc1-c1noc(=O)n1-c1ccc(F)c(Br)c1. The Balaban J connectivity index is 2.09. The van der Waals surface area contributed by atoms with E-state index in [2.05, 4.69) is 31.4 Å². The Bertz CT molecular complexity index is 1140. The summed E-state index contributed by atoms with van der Waals surface area (Å²) < 4.78 is 30.0. The van der Waals surface area contributed by atoms with Gasteiger partial charge in [0, 0.05) is 12.3 Å². The second kappa shape index (κ2) is 9.22. The monoisotopic (exact) mass is 515 g/mol. The number of ether oxygens (including phenoxy) is 1. The third-order valence-corrected chi connectivity index (χ3v) is 5.04. The van der Waals surface area contributed by atoms with Crippen LogP contribution in [0.2, 0.25) is 0 Å². The number of benzene rings is 1. The highest BCUT2D eigenvalue weighted by atomic mass is 79.9. The lowest BCUT2D eigenvalue weighted by Gasteiger charge is -2.25. The van der Waals surface area contributed by atoms with E-state index in [1.807, 2.05) is 6.26 Å². The van der Waals surface area contributed by atoms with Crippen molar-refractivity contribution >= 4 is 39.6 Å². The number of nitrogens with zero attached hydrogens (tertiary/aromatic N) is 5. The van der Waals surface area contributed by atoms with Gasteiger partial charge in [-0.3, -0.25) is 9.42 Å². The van der Waals surface area contributed by atoms with E-state index in [-0.39, 0.29) is 34.0 Å². The van der Waals surface area contributed by atoms with Crippen molar-refractivity contribution in [3.63, 3.8) is 0 Å². The molecular weight excluding hydrogens is 497 g/mol. The largest absolute Gasteiger partial charge is 0.446 e. The van der Waals surface area contributed by atoms with Crippen LogP contribution in [0.3, 0.4) is 0 Å². The Morgan fingerprint density at radius 3 is 2.71 bits per heavy atom.